The summed E-state index contributed by atoms with van der Waals surface area (Å²) < 4.78 is 34.8. The normalized spacial score (nSPS) is 12.6. The summed E-state index contributed by atoms with van der Waals surface area (Å²) in [6.45, 7) is 0.446. The molecule has 30 heavy (non-hydrogen) atoms. The topological polar surface area (TPSA) is 83.0 Å². The Hall–Kier alpha value is -3.59. The van der Waals surface area contributed by atoms with E-state index in [1.54, 1.807) is 18.2 Å². The van der Waals surface area contributed by atoms with Gasteiger partial charge < -0.3 is 10.5 Å². The lowest BCUT2D eigenvalue weighted by molar-refractivity contribution is 0.1000. The van der Waals surface area contributed by atoms with Gasteiger partial charge in [0.05, 0.1) is 11.5 Å². The molecule has 0 atom stereocenters. The molecule has 0 unspecified atom stereocenters. The summed E-state index contributed by atoms with van der Waals surface area (Å²) in [5, 5.41) is 4.13. The molecule has 1 aliphatic rings. The molecule has 150 valence electrons. The summed E-state index contributed by atoms with van der Waals surface area (Å²) in [6, 6.07) is 10.4. The molecule has 3 heterocycles. The number of amides is 1. The maximum atomic E-state index is 14.3. The zero-order valence-corrected chi connectivity index (χ0v) is 16.2. The van der Waals surface area contributed by atoms with Crippen LogP contribution in [0, 0.1) is 11.6 Å². The van der Waals surface area contributed by atoms with E-state index in [4.69, 9.17) is 10.5 Å². The Morgan fingerprint density at radius 2 is 2.00 bits per heavy atom. The Balaban J connectivity index is 1.62. The number of aromatic nitrogens is 3. The molecule has 4 aromatic rings. The van der Waals surface area contributed by atoms with Crippen LogP contribution in [0.1, 0.15) is 15.2 Å². The van der Waals surface area contributed by atoms with E-state index in [-0.39, 0.29) is 5.69 Å². The molecule has 2 aromatic heterocycles. The first kappa shape index (κ1) is 18.4. The third-order valence-electron chi connectivity index (χ3n) is 4.86. The van der Waals surface area contributed by atoms with Gasteiger partial charge in [-0.1, -0.05) is 0 Å². The van der Waals surface area contributed by atoms with Crippen molar-refractivity contribution in [3.05, 3.63) is 70.9 Å². The molecule has 0 fully saturated rings. The van der Waals surface area contributed by atoms with Gasteiger partial charge in [-0.15, -0.1) is 11.3 Å². The molecule has 0 bridgehead atoms. The molecule has 5 rings (SSSR count). The summed E-state index contributed by atoms with van der Waals surface area (Å²) in [4.78, 5) is 17.7. The average Bonchev–Trinajstić information content (AvgIpc) is 3.32. The van der Waals surface area contributed by atoms with Crippen molar-refractivity contribution in [2.45, 2.75) is 6.42 Å². The van der Waals surface area contributed by atoms with Crippen LogP contribution in [0.15, 0.2) is 48.8 Å². The van der Waals surface area contributed by atoms with Crippen molar-refractivity contribution in [1.29, 1.82) is 0 Å². The molecule has 2 aromatic carbocycles. The van der Waals surface area contributed by atoms with Crippen LogP contribution in [-0.2, 0) is 6.42 Å². The number of hydrogen-bond acceptors (Lipinski definition) is 5. The van der Waals surface area contributed by atoms with Crippen LogP contribution in [0.2, 0.25) is 0 Å². The van der Waals surface area contributed by atoms with E-state index in [0.29, 0.717) is 30.2 Å². The highest BCUT2D eigenvalue weighted by molar-refractivity contribution is 7.16. The monoisotopic (exact) mass is 424 g/mol. The van der Waals surface area contributed by atoms with Gasteiger partial charge in [0.25, 0.3) is 0 Å². The predicted octanol–water partition coefficient (Wildman–Crippen LogP) is 3.97. The molecule has 0 saturated heterocycles. The molecule has 2 N–H and O–H groups in total. The number of thiophene rings is 1. The van der Waals surface area contributed by atoms with Gasteiger partial charge >= 0.3 is 0 Å². The Labute approximate surface area is 173 Å². The number of carbonyl (C=O) groups is 1. The van der Waals surface area contributed by atoms with Crippen molar-refractivity contribution in [3.63, 3.8) is 0 Å². The Morgan fingerprint density at radius 1 is 1.13 bits per heavy atom. The quantitative estimate of drug-likeness (QED) is 0.539. The van der Waals surface area contributed by atoms with Crippen LogP contribution in [0.4, 0.5) is 8.78 Å². The molecular weight excluding hydrogens is 410 g/mol. The minimum Gasteiger partial charge on any atom is -0.493 e. The van der Waals surface area contributed by atoms with E-state index in [9.17, 15) is 13.6 Å². The van der Waals surface area contributed by atoms with Gasteiger partial charge in [0, 0.05) is 34.1 Å². The molecular formula is C21H14F2N4O2S. The summed E-state index contributed by atoms with van der Waals surface area (Å²) in [5.74, 6) is -0.869. The number of halogens is 2. The predicted molar refractivity (Wildman–Crippen MR) is 108 cm³/mol. The number of rotatable bonds is 3. The van der Waals surface area contributed by atoms with Gasteiger partial charge in [-0.3, -0.25) is 4.79 Å². The molecule has 1 amide bonds. The number of primary amides is 1. The molecule has 0 radical (unpaired) electrons. The van der Waals surface area contributed by atoms with Crippen LogP contribution < -0.4 is 10.5 Å². The second-order valence-corrected chi connectivity index (χ2v) is 7.85. The SMILES string of the molecule is NC(=O)c1ccc2c(c1)OCCc1sc(-c3ncnn3-c3ccc(F)cc3F)cc1-2. The number of carbonyl (C=O) groups excluding carboxylic acids is 1. The number of ether oxygens (including phenoxy) is 1. The van der Waals surface area contributed by atoms with Gasteiger partial charge in [0.15, 0.2) is 11.6 Å². The van der Waals surface area contributed by atoms with Gasteiger partial charge in [-0.25, -0.2) is 18.4 Å². The van der Waals surface area contributed by atoms with E-state index >= 15 is 0 Å². The van der Waals surface area contributed by atoms with Crippen LogP contribution >= 0.6 is 11.3 Å². The molecule has 0 aliphatic carbocycles. The zero-order valence-electron chi connectivity index (χ0n) is 15.4. The van der Waals surface area contributed by atoms with Crippen LogP contribution in [0.5, 0.6) is 5.75 Å². The Kier molecular flexibility index (Phi) is 4.32. The van der Waals surface area contributed by atoms with E-state index in [2.05, 4.69) is 10.1 Å². The van der Waals surface area contributed by atoms with Gasteiger partial charge in [-0.2, -0.15) is 5.10 Å². The second kappa shape index (κ2) is 7.03. The number of nitrogens with two attached hydrogens (primary N) is 1. The van der Waals surface area contributed by atoms with E-state index in [1.165, 1.54) is 34.5 Å². The zero-order chi connectivity index (χ0) is 20.8. The first-order chi connectivity index (χ1) is 14.5. The van der Waals surface area contributed by atoms with Crippen molar-refractivity contribution < 1.29 is 18.3 Å². The highest BCUT2D eigenvalue weighted by Gasteiger charge is 2.23. The van der Waals surface area contributed by atoms with Crippen molar-refractivity contribution in [3.8, 4) is 33.3 Å². The average molecular weight is 424 g/mol. The number of benzene rings is 2. The summed E-state index contributed by atoms with van der Waals surface area (Å²) in [6.07, 6.45) is 2.00. The summed E-state index contributed by atoms with van der Waals surface area (Å²) >= 11 is 1.51. The van der Waals surface area contributed by atoms with Crippen molar-refractivity contribution in [1.82, 2.24) is 14.8 Å². The fraction of sp³-hybridized carbons (Fsp3) is 0.0952. The highest BCUT2D eigenvalue weighted by atomic mass is 32.1. The van der Waals surface area contributed by atoms with Crippen molar-refractivity contribution >= 4 is 17.2 Å². The minimum absolute atomic E-state index is 0.113. The second-order valence-electron chi connectivity index (χ2n) is 6.71. The third kappa shape index (κ3) is 3.03. The van der Waals surface area contributed by atoms with Gasteiger partial charge in [0.1, 0.15) is 23.6 Å². The first-order valence-corrected chi connectivity index (χ1v) is 9.88. The summed E-state index contributed by atoms with van der Waals surface area (Å²) in [7, 11) is 0. The van der Waals surface area contributed by atoms with E-state index < -0.39 is 17.5 Å². The first-order valence-electron chi connectivity index (χ1n) is 9.07. The maximum Gasteiger partial charge on any atom is 0.248 e. The largest absolute Gasteiger partial charge is 0.493 e. The van der Waals surface area contributed by atoms with Crippen molar-refractivity contribution in [2.24, 2.45) is 5.73 Å². The Bertz CT molecular complexity index is 1300. The molecule has 9 heteroatoms. The van der Waals surface area contributed by atoms with Gasteiger partial charge in [0.2, 0.25) is 5.91 Å². The van der Waals surface area contributed by atoms with Crippen LogP contribution in [-0.4, -0.2) is 27.3 Å². The minimum atomic E-state index is -0.724. The van der Waals surface area contributed by atoms with E-state index in [1.807, 2.05) is 6.07 Å². The lowest BCUT2D eigenvalue weighted by atomic mass is 10.0. The van der Waals surface area contributed by atoms with E-state index in [0.717, 1.165) is 26.9 Å². The van der Waals surface area contributed by atoms with Crippen molar-refractivity contribution in [2.75, 3.05) is 6.61 Å². The fourth-order valence-electron chi connectivity index (χ4n) is 3.46. The highest BCUT2D eigenvalue weighted by Crippen LogP contribution is 2.43. The standard InChI is InChI=1S/C21H14F2N4O2S/c22-12-2-4-16(15(23)8-12)27-21(25-10-26-27)19-9-14-13-3-1-11(20(24)28)7-17(13)29-6-5-18(14)30-19/h1-4,7-10H,5-6H2,(H2,24,28). The molecule has 0 saturated carbocycles. The molecule has 0 spiro atoms. The Morgan fingerprint density at radius 3 is 2.80 bits per heavy atom. The number of hydrogen-bond donors (Lipinski definition) is 1. The fourth-order valence-corrected chi connectivity index (χ4v) is 4.60. The van der Waals surface area contributed by atoms with Gasteiger partial charge in [-0.05, 0) is 36.4 Å². The lowest BCUT2D eigenvalue weighted by Crippen LogP contribution is -2.11. The van der Waals surface area contributed by atoms with Crippen LogP contribution in [0.3, 0.4) is 0 Å². The third-order valence-corrected chi connectivity index (χ3v) is 6.05. The summed E-state index contributed by atoms with van der Waals surface area (Å²) in [5.41, 5.74) is 7.66. The smallest absolute Gasteiger partial charge is 0.248 e. The lowest BCUT2D eigenvalue weighted by Gasteiger charge is -2.09. The molecule has 1 aliphatic heterocycles. The number of nitrogens with zero attached hydrogens (tertiary/aromatic N) is 3. The van der Waals surface area contributed by atoms with Crippen LogP contribution in [0.25, 0.3) is 27.5 Å². The number of fused-ring (bicyclic) bond motifs is 3. The molecule has 6 nitrogen and oxygen atoms in total. The maximum absolute atomic E-state index is 14.3.